The average Bonchev–Trinajstić information content (AvgIpc) is 2.90. The quantitative estimate of drug-likeness (QED) is 0.0222. The molecule has 91 heavy (non-hydrogen) atoms. The van der Waals surface area contributed by atoms with Gasteiger partial charge in [0.15, 0.2) is 12.2 Å². The standard InChI is InChI=1S/C72H140O17P2/c1-8-9-10-11-12-13-24-32-39-46-53-69(74)82-60-68(89-72(77)56-49-42-35-28-27-31-38-45-52-65(6)7)62-87-91(80,81)85-58-66(73)57-84-90(78,79)86-61-67(59-83-70(75)54-47-40-33-25-21-17-19-23-30-37-44-51-64(4)5)88-71(76)55-48-41-34-26-20-16-14-15-18-22-29-36-43-50-63(2)3/h63-68,73H,8-62H2,1-7H3,(H,78,79)(H,80,81)/t66-,67-,68-/m1/s1. The van der Waals surface area contributed by atoms with Crippen LogP contribution in [-0.2, 0) is 65.4 Å². The van der Waals surface area contributed by atoms with Crippen LogP contribution >= 0.6 is 15.6 Å². The van der Waals surface area contributed by atoms with Crippen LogP contribution in [0.2, 0.25) is 0 Å². The fraction of sp³-hybridized carbons (Fsp3) is 0.944. The van der Waals surface area contributed by atoms with Crippen LogP contribution in [0.15, 0.2) is 0 Å². The van der Waals surface area contributed by atoms with Gasteiger partial charge in [0, 0.05) is 25.7 Å². The first-order valence-corrected chi connectivity index (χ1v) is 40.3. The molecule has 0 aromatic rings. The van der Waals surface area contributed by atoms with Crippen molar-refractivity contribution in [1.29, 1.82) is 0 Å². The van der Waals surface area contributed by atoms with Crippen LogP contribution in [0.1, 0.15) is 363 Å². The Morgan fingerprint density at radius 2 is 0.505 bits per heavy atom. The molecule has 0 saturated carbocycles. The van der Waals surface area contributed by atoms with E-state index in [9.17, 15) is 43.2 Å². The predicted octanol–water partition coefficient (Wildman–Crippen LogP) is 20.6. The molecule has 3 N–H and O–H groups in total. The highest BCUT2D eigenvalue weighted by Crippen LogP contribution is 2.45. The van der Waals surface area contributed by atoms with Crippen LogP contribution in [0, 0.1) is 17.8 Å². The molecule has 17 nitrogen and oxygen atoms in total. The van der Waals surface area contributed by atoms with Crippen LogP contribution in [0.3, 0.4) is 0 Å². The van der Waals surface area contributed by atoms with E-state index >= 15 is 0 Å². The second-order valence-electron chi connectivity index (χ2n) is 27.4. The minimum absolute atomic E-state index is 0.104. The third-order valence-electron chi connectivity index (χ3n) is 16.6. The molecule has 540 valence electrons. The second kappa shape index (κ2) is 62.8. The molecule has 19 heteroatoms. The summed E-state index contributed by atoms with van der Waals surface area (Å²) in [6.45, 7) is 11.8. The molecule has 0 bridgehead atoms. The summed E-state index contributed by atoms with van der Waals surface area (Å²) in [5.74, 6) is 0.152. The van der Waals surface area contributed by atoms with E-state index in [0.717, 1.165) is 108 Å². The van der Waals surface area contributed by atoms with Crippen LogP contribution in [0.5, 0.6) is 0 Å². The van der Waals surface area contributed by atoms with Crippen molar-refractivity contribution < 1.29 is 80.2 Å². The lowest BCUT2D eigenvalue weighted by atomic mass is 10.0. The molecular weight excluding hydrogens is 1200 g/mol. The van der Waals surface area contributed by atoms with E-state index in [2.05, 4.69) is 48.5 Å². The number of hydrogen-bond acceptors (Lipinski definition) is 15. The Labute approximate surface area is 556 Å². The first-order chi connectivity index (χ1) is 43.7. The maximum atomic E-state index is 13.0. The third kappa shape index (κ3) is 66.5. The van der Waals surface area contributed by atoms with Crippen molar-refractivity contribution in [2.45, 2.75) is 381 Å². The van der Waals surface area contributed by atoms with Crippen molar-refractivity contribution in [2.75, 3.05) is 39.6 Å². The molecule has 0 aliphatic heterocycles. The van der Waals surface area contributed by atoms with Gasteiger partial charge in [-0.15, -0.1) is 0 Å². The van der Waals surface area contributed by atoms with E-state index in [-0.39, 0.29) is 25.7 Å². The van der Waals surface area contributed by atoms with Gasteiger partial charge in [-0.3, -0.25) is 37.3 Å². The van der Waals surface area contributed by atoms with E-state index in [4.69, 9.17) is 37.0 Å². The number of esters is 4. The number of aliphatic hydroxyl groups is 1. The van der Waals surface area contributed by atoms with Gasteiger partial charge in [-0.05, 0) is 43.4 Å². The Kier molecular flexibility index (Phi) is 61.5. The monoisotopic (exact) mass is 1340 g/mol. The summed E-state index contributed by atoms with van der Waals surface area (Å²) in [6.07, 6.45) is 47.1. The largest absolute Gasteiger partial charge is 0.472 e. The molecule has 0 amide bonds. The lowest BCUT2D eigenvalue weighted by Gasteiger charge is -2.21. The van der Waals surface area contributed by atoms with E-state index in [1.807, 2.05) is 0 Å². The van der Waals surface area contributed by atoms with Gasteiger partial charge in [0.25, 0.3) is 0 Å². The van der Waals surface area contributed by atoms with Gasteiger partial charge in [-0.2, -0.15) is 0 Å². The van der Waals surface area contributed by atoms with Crippen LogP contribution < -0.4 is 0 Å². The summed E-state index contributed by atoms with van der Waals surface area (Å²) < 4.78 is 68.3. The fourth-order valence-corrected chi connectivity index (χ4v) is 12.5. The van der Waals surface area contributed by atoms with E-state index < -0.39 is 97.5 Å². The number of aliphatic hydroxyl groups excluding tert-OH is 1. The Morgan fingerprint density at radius 3 is 0.747 bits per heavy atom. The number of ether oxygens (including phenoxy) is 4. The zero-order chi connectivity index (χ0) is 67.3. The highest BCUT2D eigenvalue weighted by atomic mass is 31.2. The van der Waals surface area contributed by atoms with Gasteiger partial charge in [0.05, 0.1) is 26.4 Å². The zero-order valence-electron chi connectivity index (χ0n) is 59.3. The number of hydrogen-bond donors (Lipinski definition) is 3. The molecule has 0 aromatic heterocycles. The zero-order valence-corrected chi connectivity index (χ0v) is 61.1. The molecular formula is C72H140O17P2. The molecule has 0 aromatic carbocycles. The Morgan fingerprint density at radius 1 is 0.297 bits per heavy atom. The molecule has 0 aliphatic rings. The molecule has 0 spiro atoms. The number of carbonyl (C=O) groups excluding carboxylic acids is 4. The normalized spacial score (nSPS) is 14.2. The first-order valence-electron chi connectivity index (χ1n) is 37.3. The Balaban J connectivity index is 5.25. The molecule has 0 aliphatic carbocycles. The summed E-state index contributed by atoms with van der Waals surface area (Å²) in [4.78, 5) is 72.6. The molecule has 0 rings (SSSR count). The number of phosphoric acid groups is 2. The molecule has 0 heterocycles. The van der Waals surface area contributed by atoms with E-state index in [0.29, 0.717) is 25.7 Å². The number of carbonyl (C=O) groups is 4. The third-order valence-corrected chi connectivity index (χ3v) is 18.5. The van der Waals surface area contributed by atoms with Crippen molar-refractivity contribution in [3.05, 3.63) is 0 Å². The SMILES string of the molecule is CCCCCCCCCCCCC(=O)OC[C@H](COP(=O)(O)OC[C@H](O)COP(=O)(O)OC[C@@H](COC(=O)CCCCCCCCCCCCCC(C)C)OC(=O)CCCCCCCCCCCCCCCC(C)C)OC(=O)CCCCCCCCCCC(C)C. The minimum atomic E-state index is -4.95. The molecule has 0 radical (unpaired) electrons. The number of phosphoric ester groups is 2. The highest BCUT2D eigenvalue weighted by Gasteiger charge is 2.30. The van der Waals surface area contributed by atoms with Gasteiger partial charge in [0.1, 0.15) is 19.3 Å². The molecule has 2 unspecified atom stereocenters. The topological polar surface area (TPSA) is 237 Å². The maximum Gasteiger partial charge on any atom is 0.472 e. The Bertz CT molecular complexity index is 1780. The van der Waals surface area contributed by atoms with Crippen LogP contribution in [0.25, 0.3) is 0 Å². The van der Waals surface area contributed by atoms with Gasteiger partial charge in [-0.1, -0.05) is 312 Å². The summed E-state index contributed by atoms with van der Waals surface area (Å²) in [5, 5.41) is 10.6. The summed E-state index contributed by atoms with van der Waals surface area (Å²) in [6, 6.07) is 0. The second-order valence-corrected chi connectivity index (χ2v) is 30.3. The summed E-state index contributed by atoms with van der Waals surface area (Å²) in [5.41, 5.74) is 0. The summed E-state index contributed by atoms with van der Waals surface area (Å²) in [7, 11) is -9.90. The van der Waals surface area contributed by atoms with Crippen molar-refractivity contribution in [3.8, 4) is 0 Å². The van der Waals surface area contributed by atoms with Crippen molar-refractivity contribution in [2.24, 2.45) is 17.8 Å². The number of rotatable bonds is 70. The predicted molar refractivity (Wildman–Crippen MR) is 368 cm³/mol. The van der Waals surface area contributed by atoms with Crippen LogP contribution in [-0.4, -0.2) is 96.7 Å². The summed E-state index contributed by atoms with van der Waals surface area (Å²) >= 11 is 0. The molecule has 0 saturated heterocycles. The van der Waals surface area contributed by atoms with Gasteiger partial charge < -0.3 is 33.8 Å². The lowest BCUT2D eigenvalue weighted by Crippen LogP contribution is -2.30. The molecule has 5 atom stereocenters. The maximum absolute atomic E-state index is 13.0. The average molecular weight is 1340 g/mol. The first kappa shape index (κ1) is 89.1. The minimum Gasteiger partial charge on any atom is -0.462 e. The lowest BCUT2D eigenvalue weighted by molar-refractivity contribution is -0.161. The van der Waals surface area contributed by atoms with Gasteiger partial charge in [0.2, 0.25) is 0 Å². The smallest absolute Gasteiger partial charge is 0.462 e. The van der Waals surface area contributed by atoms with Crippen molar-refractivity contribution in [3.63, 3.8) is 0 Å². The van der Waals surface area contributed by atoms with E-state index in [1.54, 1.807) is 0 Å². The highest BCUT2D eigenvalue weighted by molar-refractivity contribution is 7.47. The van der Waals surface area contributed by atoms with E-state index in [1.165, 1.54) is 173 Å². The fourth-order valence-electron chi connectivity index (χ4n) is 10.9. The van der Waals surface area contributed by atoms with Gasteiger partial charge >= 0.3 is 39.5 Å². The van der Waals surface area contributed by atoms with Crippen LogP contribution in [0.4, 0.5) is 0 Å². The Hall–Kier alpha value is -1.94. The van der Waals surface area contributed by atoms with Crippen molar-refractivity contribution in [1.82, 2.24) is 0 Å². The molecule has 0 fully saturated rings. The van der Waals surface area contributed by atoms with Gasteiger partial charge in [-0.25, -0.2) is 9.13 Å². The van der Waals surface area contributed by atoms with Crippen molar-refractivity contribution >= 4 is 39.5 Å². The number of unbranched alkanes of at least 4 members (excludes halogenated alkanes) is 38.